The van der Waals surface area contributed by atoms with Gasteiger partial charge >= 0.3 is 0 Å². The quantitative estimate of drug-likeness (QED) is 0.635. The molecular formula is C18H29ClFN. The van der Waals surface area contributed by atoms with Crippen LogP contribution >= 0.6 is 11.6 Å². The Labute approximate surface area is 134 Å². The van der Waals surface area contributed by atoms with Crippen LogP contribution in [0.25, 0.3) is 0 Å². The number of benzene rings is 1. The van der Waals surface area contributed by atoms with E-state index in [-0.39, 0.29) is 11.2 Å². The Balaban J connectivity index is 2.47. The van der Waals surface area contributed by atoms with Crippen LogP contribution in [0.2, 0.25) is 5.02 Å². The first-order chi connectivity index (χ1) is 9.71. The molecule has 0 heterocycles. The molecule has 0 bridgehead atoms. The molecule has 0 aromatic heterocycles. The van der Waals surface area contributed by atoms with Crippen LogP contribution in [-0.4, -0.2) is 13.1 Å². The van der Waals surface area contributed by atoms with E-state index in [1.807, 2.05) is 6.07 Å². The van der Waals surface area contributed by atoms with E-state index < -0.39 is 0 Å². The predicted molar refractivity (Wildman–Crippen MR) is 90.6 cm³/mol. The van der Waals surface area contributed by atoms with Gasteiger partial charge in [0.1, 0.15) is 5.82 Å². The molecule has 0 aliphatic carbocycles. The lowest BCUT2D eigenvalue weighted by atomic mass is 9.83. The van der Waals surface area contributed by atoms with E-state index in [9.17, 15) is 4.39 Å². The van der Waals surface area contributed by atoms with Gasteiger partial charge in [-0.25, -0.2) is 4.39 Å². The second-order valence-corrected chi connectivity index (χ2v) is 7.61. The summed E-state index contributed by atoms with van der Waals surface area (Å²) in [5.74, 6) is 0.468. The highest BCUT2D eigenvalue weighted by Gasteiger charge is 2.18. The fourth-order valence-corrected chi connectivity index (χ4v) is 2.57. The fraction of sp³-hybridized carbons (Fsp3) is 0.667. The Kier molecular flexibility index (Phi) is 7.15. The van der Waals surface area contributed by atoms with Crippen LogP contribution in [0.3, 0.4) is 0 Å². The van der Waals surface area contributed by atoms with Crippen molar-refractivity contribution >= 4 is 11.6 Å². The van der Waals surface area contributed by atoms with Gasteiger partial charge in [-0.15, -0.1) is 0 Å². The summed E-state index contributed by atoms with van der Waals surface area (Å²) in [6.45, 7) is 12.9. The number of nitrogens with one attached hydrogen (secondary N) is 1. The van der Waals surface area contributed by atoms with Gasteiger partial charge in [0, 0.05) is 5.02 Å². The number of hydrogen-bond donors (Lipinski definition) is 1. The van der Waals surface area contributed by atoms with Gasteiger partial charge in [0.05, 0.1) is 0 Å². The van der Waals surface area contributed by atoms with Crippen LogP contribution < -0.4 is 5.32 Å². The molecule has 0 fully saturated rings. The number of aryl methyl sites for hydroxylation is 2. The maximum atomic E-state index is 13.4. The first-order valence-electron chi connectivity index (χ1n) is 7.86. The van der Waals surface area contributed by atoms with E-state index in [4.69, 9.17) is 11.6 Å². The molecule has 0 atom stereocenters. The Morgan fingerprint density at radius 2 is 1.90 bits per heavy atom. The molecule has 0 saturated heterocycles. The standard InChI is InChI=1S/C18H29ClFN/c1-13(2)12-21-9-8-18(4,5)7-6-15-10-14(3)17(20)11-16(15)19/h10-11,13,21H,6-9,12H2,1-5H3. The molecule has 1 nitrogen and oxygen atoms in total. The van der Waals surface area contributed by atoms with Crippen LogP contribution in [0.4, 0.5) is 4.39 Å². The Hall–Kier alpha value is -0.600. The zero-order valence-electron chi connectivity index (χ0n) is 14.0. The molecule has 0 saturated carbocycles. The normalized spacial score (nSPS) is 12.2. The molecule has 0 amide bonds. The highest BCUT2D eigenvalue weighted by molar-refractivity contribution is 6.31. The minimum absolute atomic E-state index is 0.221. The lowest BCUT2D eigenvalue weighted by molar-refractivity contribution is 0.300. The molecule has 3 heteroatoms. The van der Waals surface area contributed by atoms with Gasteiger partial charge in [0.2, 0.25) is 0 Å². The molecule has 0 aliphatic heterocycles. The number of hydrogen-bond acceptors (Lipinski definition) is 1. The van der Waals surface area contributed by atoms with Crippen molar-refractivity contribution in [3.05, 3.63) is 34.1 Å². The van der Waals surface area contributed by atoms with E-state index in [1.165, 1.54) is 6.07 Å². The van der Waals surface area contributed by atoms with Crippen molar-refractivity contribution in [2.24, 2.45) is 11.3 Å². The highest BCUT2D eigenvalue weighted by atomic mass is 35.5. The minimum Gasteiger partial charge on any atom is -0.316 e. The summed E-state index contributed by atoms with van der Waals surface area (Å²) in [6.07, 6.45) is 3.09. The summed E-state index contributed by atoms with van der Waals surface area (Å²) < 4.78 is 13.4. The van der Waals surface area contributed by atoms with Crippen molar-refractivity contribution in [1.29, 1.82) is 0 Å². The Morgan fingerprint density at radius 3 is 2.52 bits per heavy atom. The van der Waals surface area contributed by atoms with Crippen molar-refractivity contribution in [2.75, 3.05) is 13.1 Å². The number of halogens is 2. The summed E-state index contributed by atoms with van der Waals surface area (Å²) in [6, 6.07) is 3.31. The van der Waals surface area contributed by atoms with Crippen molar-refractivity contribution < 1.29 is 4.39 Å². The smallest absolute Gasteiger partial charge is 0.127 e. The summed E-state index contributed by atoms with van der Waals surface area (Å²) in [5, 5.41) is 4.04. The molecule has 0 aliphatic rings. The van der Waals surface area contributed by atoms with Crippen LogP contribution in [0, 0.1) is 24.1 Å². The average Bonchev–Trinajstić information content (AvgIpc) is 2.37. The van der Waals surface area contributed by atoms with E-state index in [2.05, 4.69) is 33.0 Å². The van der Waals surface area contributed by atoms with Crippen molar-refractivity contribution in [1.82, 2.24) is 5.32 Å². The van der Waals surface area contributed by atoms with Gasteiger partial charge in [-0.05, 0) is 67.8 Å². The van der Waals surface area contributed by atoms with Gasteiger partial charge in [0.15, 0.2) is 0 Å². The van der Waals surface area contributed by atoms with Crippen molar-refractivity contribution in [2.45, 2.75) is 53.9 Å². The largest absolute Gasteiger partial charge is 0.316 e. The third-order valence-electron chi connectivity index (χ3n) is 3.93. The van der Waals surface area contributed by atoms with Crippen LogP contribution in [0.5, 0.6) is 0 Å². The van der Waals surface area contributed by atoms with E-state index >= 15 is 0 Å². The summed E-state index contributed by atoms with van der Waals surface area (Å²) >= 11 is 6.14. The van der Waals surface area contributed by atoms with Crippen LogP contribution in [0.15, 0.2) is 12.1 Å². The summed E-state index contributed by atoms with van der Waals surface area (Å²) in [7, 11) is 0. The number of rotatable bonds is 8. The Morgan fingerprint density at radius 1 is 1.24 bits per heavy atom. The van der Waals surface area contributed by atoms with Gasteiger partial charge in [-0.1, -0.05) is 45.4 Å². The van der Waals surface area contributed by atoms with Crippen molar-refractivity contribution in [3.8, 4) is 0 Å². The lowest BCUT2D eigenvalue weighted by Gasteiger charge is -2.25. The van der Waals surface area contributed by atoms with Gasteiger partial charge in [-0.3, -0.25) is 0 Å². The average molecular weight is 314 g/mol. The van der Waals surface area contributed by atoms with E-state index in [0.717, 1.165) is 37.9 Å². The Bertz CT molecular complexity index is 455. The zero-order chi connectivity index (χ0) is 16.0. The second-order valence-electron chi connectivity index (χ2n) is 7.20. The molecule has 0 radical (unpaired) electrons. The molecule has 0 spiro atoms. The monoisotopic (exact) mass is 313 g/mol. The van der Waals surface area contributed by atoms with Gasteiger partial charge in [-0.2, -0.15) is 0 Å². The molecule has 120 valence electrons. The SMILES string of the molecule is Cc1cc(CCC(C)(C)CCNCC(C)C)c(Cl)cc1F. The highest BCUT2D eigenvalue weighted by Crippen LogP contribution is 2.29. The minimum atomic E-state index is -0.221. The molecule has 1 N–H and O–H groups in total. The van der Waals surface area contributed by atoms with Gasteiger partial charge in [0.25, 0.3) is 0 Å². The zero-order valence-corrected chi connectivity index (χ0v) is 14.8. The fourth-order valence-electron chi connectivity index (χ4n) is 2.32. The second kappa shape index (κ2) is 8.14. The van der Waals surface area contributed by atoms with Gasteiger partial charge < -0.3 is 5.32 Å². The predicted octanol–water partition coefficient (Wildman–Crippen LogP) is 5.38. The maximum absolute atomic E-state index is 13.4. The van der Waals surface area contributed by atoms with E-state index in [1.54, 1.807) is 6.92 Å². The maximum Gasteiger partial charge on any atom is 0.127 e. The molecule has 1 aromatic rings. The molecular weight excluding hydrogens is 285 g/mol. The third kappa shape index (κ3) is 6.80. The molecule has 1 aromatic carbocycles. The molecule has 1 rings (SSSR count). The van der Waals surface area contributed by atoms with Crippen LogP contribution in [-0.2, 0) is 6.42 Å². The first-order valence-corrected chi connectivity index (χ1v) is 8.24. The van der Waals surface area contributed by atoms with Crippen molar-refractivity contribution in [3.63, 3.8) is 0 Å². The third-order valence-corrected chi connectivity index (χ3v) is 4.28. The topological polar surface area (TPSA) is 12.0 Å². The molecule has 21 heavy (non-hydrogen) atoms. The summed E-state index contributed by atoms with van der Waals surface area (Å²) in [5.41, 5.74) is 1.99. The van der Waals surface area contributed by atoms with Crippen LogP contribution in [0.1, 0.15) is 51.7 Å². The molecule has 0 unspecified atom stereocenters. The first kappa shape index (κ1) is 18.4. The summed E-state index contributed by atoms with van der Waals surface area (Å²) in [4.78, 5) is 0. The lowest BCUT2D eigenvalue weighted by Crippen LogP contribution is -2.25. The van der Waals surface area contributed by atoms with E-state index in [0.29, 0.717) is 16.5 Å².